The number of amides is 1. The fourth-order valence-electron chi connectivity index (χ4n) is 3.05. The zero-order valence-corrected chi connectivity index (χ0v) is 13.5. The molecule has 4 rings (SSSR count). The highest BCUT2D eigenvalue weighted by Gasteiger charge is 2.26. The molecular formula is C18H17N3OS. The lowest BCUT2D eigenvalue weighted by molar-refractivity contribution is 0.0707. The Bertz CT molecular complexity index is 789. The van der Waals surface area contributed by atoms with Crippen LogP contribution in [-0.4, -0.2) is 33.9 Å². The van der Waals surface area contributed by atoms with Gasteiger partial charge in [-0.15, -0.1) is 11.3 Å². The van der Waals surface area contributed by atoms with Gasteiger partial charge >= 0.3 is 0 Å². The van der Waals surface area contributed by atoms with Crippen LogP contribution in [-0.2, 0) is 0 Å². The van der Waals surface area contributed by atoms with Gasteiger partial charge in [0, 0.05) is 25.2 Å². The first-order valence-corrected chi connectivity index (χ1v) is 8.69. The minimum atomic E-state index is 0.0355. The number of para-hydroxylation sites is 1. The number of rotatable bonds is 2. The lowest BCUT2D eigenvalue weighted by Gasteiger charge is -2.30. The lowest BCUT2D eigenvalue weighted by atomic mass is 9.97. The van der Waals surface area contributed by atoms with Gasteiger partial charge in [0.1, 0.15) is 5.69 Å². The van der Waals surface area contributed by atoms with Crippen molar-refractivity contribution < 1.29 is 4.79 Å². The summed E-state index contributed by atoms with van der Waals surface area (Å²) < 4.78 is 1.24. The Morgan fingerprint density at radius 3 is 2.61 bits per heavy atom. The van der Waals surface area contributed by atoms with Crippen molar-refractivity contribution in [1.82, 2.24) is 14.9 Å². The fraction of sp³-hybridized carbons (Fsp3) is 0.278. The maximum absolute atomic E-state index is 12.4. The molecule has 3 heterocycles. The summed E-state index contributed by atoms with van der Waals surface area (Å²) in [6.45, 7) is 1.55. The number of fused-ring (bicyclic) bond motifs is 1. The third kappa shape index (κ3) is 2.84. The molecule has 3 aromatic rings. The van der Waals surface area contributed by atoms with Crippen LogP contribution >= 0.6 is 11.3 Å². The molecule has 1 saturated heterocycles. The fourth-order valence-corrected chi connectivity index (χ4v) is 4.18. The van der Waals surface area contributed by atoms with E-state index in [1.807, 2.05) is 23.1 Å². The molecule has 0 atom stereocenters. The molecule has 0 unspecified atom stereocenters. The number of likely N-dealkylation sites (tertiary alicyclic amines) is 1. The number of aromatic nitrogens is 2. The van der Waals surface area contributed by atoms with Gasteiger partial charge in [0.25, 0.3) is 5.91 Å². The molecule has 0 N–H and O–H groups in total. The Labute approximate surface area is 138 Å². The van der Waals surface area contributed by atoms with E-state index in [9.17, 15) is 4.79 Å². The van der Waals surface area contributed by atoms with Gasteiger partial charge in [0.15, 0.2) is 0 Å². The minimum Gasteiger partial charge on any atom is -0.337 e. The van der Waals surface area contributed by atoms with E-state index in [0.29, 0.717) is 11.6 Å². The Kier molecular flexibility index (Phi) is 3.79. The van der Waals surface area contributed by atoms with Crippen molar-refractivity contribution in [3.05, 3.63) is 59.4 Å². The number of hydrogen-bond acceptors (Lipinski definition) is 4. The summed E-state index contributed by atoms with van der Waals surface area (Å²) in [5.74, 6) is 0.494. The zero-order valence-electron chi connectivity index (χ0n) is 12.7. The van der Waals surface area contributed by atoms with E-state index < -0.39 is 0 Å². The molecule has 1 aromatic carbocycles. The molecule has 1 fully saturated rings. The molecule has 5 heteroatoms. The monoisotopic (exact) mass is 323 g/mol. The van der Waals surface area contributed by atoms with Crippen LogP contribution in [0.1, 0.15) is 34.3 Å². The summed E-state index contributed by atoms with van der Waals surface area (Å²) in [7, 11) is 0. The molecule has 4 nitrogen and oxygen atoms in total. The molecule has 1 aliphatic heterocycles. The van der Waals surface area contributed by atoms with Gasteiger partial charge in [-0.2, -0.15) is 0 Å². The van der Waals surface area contributed by atoms with Crippen LogP contribution in [0.5, 0.6) is 0 Å². The zero-order chi connectivity index (χ0) is 15.6. The molecule has 23 heavy (non-hydrogen) atoms. The van der Waals surface area contributed by atoms with Crippen molar-refractivity contribution in [2.24, 2.45) is 0 Å². The van der Waals surface area contributed by atoms with Gasteiger partial charge < -0.3 is 4.90 Å². The second-order valence-corrected chi connectivity index (χ2v) is 6.86. The summed E-state index contributed by atoms with van der Waals surface area (Å²) in [4.78, 5) is 23.3. The van der Waals surface area contributed by atoms with Crippen molar-refractivity contribution in [3.8, 4) is 0 Å². The predicted octanol–water partition coefficient (Wildman–Crippen LogP) is 3.71. The first-order valence-electron chi connectivity index (χ1n) is 7.87. The van der Waals surface area contributed by atoms with Crippen LogP contribution in [0, 0.1) is 0 Å². The SMILES string of the molecule is O=C(c1ccccn1)N1CCC(c2nc3ccccc3s2)CC1. The summed E-state index contributed by atoms with van der Waals surface area (Å²) in [5.41, 5.74) is 1.62. The molecule has 0 radical (unpaired) electrons. The first kappa shape index (κ1) is 14.3. The molecule has 1 amide bonds. The smallest absolute Gasteiger partial charge is 0.272 e. The summed E-state index contributed by atoms with van der Waals surface area (Å²) >= 11 is 1.78. The van der Waals surface area contributed by atoms with Crippen LogP contribution in [0.2, 0.25) is 0 Å². The van der Waals surface area contributed by atoms with E-state index >= 15 is 0 Å². The summed E-state index contributed by atoms with van der Waals surface area (Å²) in [6, 6.07) is 13.7. The quantitative estimate of drug-likeness (QED) is 0.722. The number of carbonyl (C=O) groups excluding carboxylic acids is 1. The number of carbonyl (C=O) groups is 1. The van der Waals surface area contributed by atoms with E-state index in [2.05, 4.69) is 23.2 Å². The largest absolute Gasteiger partial charge is 0.337 e. The van der Waals surface area contributed by atoms with Crippen LogP contribution in [0.3, 0.4) is 0 Å². The topological polar surface area (TPSA) is 46.1 Å². The van der Waals surface area contributed by atoms with Gasteiger partial charge in [0.2, 0.25) is 0 Å². The molecule has 0 spiro atoms. The molecule has 0 saturated carbocycles. The van der Waals surface area contributed by atoms with Crippen LogP contribution < -0.4 is 0 Å². The maximum Gasteiger partial charge on any atom is 0.272 e. The normalized spacial score (nSPS) is 15.9. The van der Waals surface area contributed by atoms with Gasteiger partial charge in [-0.3, -0.25) is 9.78 Å². The highest BCUT2D eigenvalue weighted by atomic mass is 32.1. The average Bonchev–Trinajstić information content (AvgIpc) is 3.06. The minimum absolute atomic E-state index is 0.0355. The van der Waals surface area contributed by atoms with E-state index in [1.165, 1.54) is 9.71 Å². The van der Waals surface area contributed by atoms with E-state index in [-0.39, 0.29) is 5.91 Å². The Balaban J connectivity index is 1.45. The molecule has 2 aromatic heterocycles. The Morgan fingerprint density at radius 2 is 1.87 bits per heavy atom. The van der Waals surface area contributed by atoms with Crippen molar-refractivity contribution >= 4 is 27.5 Å². The van der Waals surface area contributed by atoms with Crippen molar-refractivity contribution in [3.63, 3.8) is 0 Å². The van der Waals surface area contributed by atoms with E-state index in [4.69, 9.17) is 4.98 Å². The van der Waals surface area contributed by atoms with Gasteiger partial charge in [0.05, 0.1) is 15.2 Å². The first-order chi connectivity index (χ1) is 11.3. The molecule has 0 bridgehead atoms. The highest BCUT2D eigenvalue weighted by molar-refractivity contribution is 7.18. The average molecular weight is 323 g/mol. The van der Waals surface area contributed by atoms with Gasteiger partial charge in [-0.25, -0.2) is 4.98 Å². The van der Waals surface area contributed by atoms with Crippen molar-refractivity contribution in [2.45, 2.75) is 18.8 Å². The highest BCUT2D eigenvalue weighted by Crippen LogP contribution is 2.33. The molecule has 1 aliphatic rings. The predicted molar refractivity (Wildman–Crippen MR) is 91.7 cm³/mol. The van der Waals surface area contributed by atoms with Crippen molar-refractivity contribution in [1.29, 1.82) is 0 Å². The third-order valence-electron chi connectivity index (χ3n) is 4.33. The number of hydrogen-bond donors (Lipinski definition) is 0. The Hall–Kier alpha value is -2.27. The maximum atomic E-state index is 12.4. The van der Waals surface area contributed by atoms with Crippen molar-refractivity contribution in [2.75, 3.05) is 13.1 Å². The number of nitrogens with zero attached hydrogens (tertiary/aromatic N) is 3. The summed E-state index contributed by atoms with van der Waals surface area (Å²) in [5, 5.41) is 1.20. The lowest BCUT2D eigenvalue weighted by Crippen LogP contribution is -2.38. The van der Waals surface area contributed by atoms with Crippen LogP contribution in [0.15, 0.2) is 48.7 Å². The summed E-state index contributed by atoms with van der Waals surface area (Å²) in [6.07, 6.45) is 3.61. The van der Waals surface area contributed by atoms with Gasteiger partial charge in [-0.1, -0.05) is 18.2 Å². The molecule has 0 aliphatic carbocycles. The second-order valence-electron chi connectivity index (χ2n) is 5.80. The van der Waals surface area contributed by atoms with E-state index in [1.54, 1.807) is 23.6 Å². The van der Waals surface area contributed by atoms with Crippen LogP contribution in [0.4, 0.5) is 0 Å². The third-order valence-corrected chi connectivity index (χ3v) is 5.52. The second kappa shape index (κ2) is 6.08. The number of piperidine rings is 1. The molecular weight excluding hydrogens is 306 g/mol. The number of thiazole rings is 1. The number of benzene rings is 1. The number of pyridine rings is 1. The van der Waals surface area contributed by atoms with Crippen LogP contribution in [0.25, 0.3) is 10.2 Å². The van der Waals surface area contributed by atoms with Gasteiger partial charge in [-0.05, 0) is 37.1 Å². The van der Waals surface area contributed by atoms with E-state index in [0.717, 1.165) is 31.4 Å². The standard InChI is InChI=1S/C18H17N3OS/c22-18(15-6-3-4-10-19-15)21-11-8-13(9-12-21)17-20-14-5-1-2-7-16(14)23-17/h1-7,10,13H,8-9,11-12H2. The Morgan fingerprint density at radius 1 is 1.09 bits per heavy atom. The molecule has 116 valence electrons.